The maximum absolute atomic E-state index is 12.1. The molecular formula is C15H24ClIN4O2S2. The molecule has 1 saturated heterocycles. The highest BCUT2D eigenvalue weighted by molar-refractivity contribution is 14.0. The molecule has 142 valence electrons. The van der Waals surface area contributed by atoms with Crippen LogP contribution in [0.3, 0.4) is 0 Å². The number of likely N-dealkylation sites (tertiary alicyclic amines) is 1. The lowest BCUT2D eigenvalue weighted by molar-refractivity contribution is 0.151. The van der Waals surface area contributed by atoms with E-state index >= 15 is 0 Å². The molecule has 1 saturated carbocycles. The summed E-state index contributed by atoms with van der Waals surface area (Å²) in [5.74, 6) is 0.858. The standard InChI is InChI=1S/C15H23ClN4O2S2.HI/c1-17-14(20-10-7-15(11-20)5-2-6-15)18-8-9-19-24(21,22)13-4-3-12(16)23-13;/h3-4,19H,2,5-11H2,1H3,(H,17,18);1H. The van der Waals surface area contributed by atoms with Crippen molar-refractivity contribution in [1.82, 2.24) is 14.9 Å². The Bertz CT molecular complexity index is 719. The maximum Gasteiger partial charge on any atom is 0.250 e. The molecule has 0 unspecified atom stereocenters. The Morgan fingerprint density at radius 2 is 2.12 bits per heavy atom. The minimum Gasteiger partial charge on any atom is -0.355 e. The largest absolute Gasteiger partial charge is 0.355 e. The minimum absolute atomic E-state index is 0. The molecule has 0 bridgehead atoms. The Balaban J connectivity index is 0.00000225. The van der Waals surface area contributed by atoms with Crippen molar-refractivity contribution in [2.45, 2.75) is 29.9 Å². The van der Waals surface area contributed by atoms with Gasteiger partial charge in [-0.3, -0.25) is 4.99 Å². The lowest BCUT2D eigenvalue weighted by Crippen LogP contribution is -2.44. The first-order valence-electron chi connectivity index (χ1n) is 8.15. The lowest BCUT2D eigenvalue weighted by Gasteiger charge is -2.38. The van der Waals surface area contributed by atoms with Crippen LogP contribution in [0.15, 0.2) is 21.3 Å². The quantitative estimate of drug-likeness (QED) is 0.272. The first kappa shape index (κ1) is 21.2. The van der Waals surface area contributed by atoms with Crippen molar-refractivity contribution in [3.8, 4) is 0 Å². The monoisotopic (exact) mass is 518 g/mol. The van der Waals surface area contributed by atoms with Crippen LogP contribution in [-0.4, -0.2) is 52.5 Å². The summed E-state index contributed by atoms with van der Waals surface area (Å²) >= 11 is 6.85. The minimum atomic E-state index is -3.49. The molecular weight excluding hydrogens is 495 g/mol. The third-order valence-electron chi connectivity index (χ3n) is 4.88. The van der Waals surface area contributed by atoms with Gasteiger partial charge < -0.3 is 10.2 Å². The van der Waals surface area contributed by atoms with E-state index in [4.69, 9.17) is 11.6 Å². The molecule has 1 aromatic heterocycles. The van der Waals surface area contributed by atoms with E-state index in [0.717, 1.165) is 30.4 Å². The van der Waals surface area contributed by atoms with Crippen LogP contribution in [0.4, 0.5) is 0 Å². The fraction of sp³-hybridized carbons (Fsp3) is 0.667. The molecule has 0 amide bonds. The van der Waals surface area contributed by atoms with Crippen LogP contribution >= 0.6 is 46.9 Å². The summed E-state index contributed by atoms with van der Waals surface area (Å²) in [5, 5.41) is 3.25. The zero-order valence-electron chi connectivity index (χ0n) is 14.1. The molecule has 1 aromatic rings. The van der Waals surface area contributed by atoms with Crippen molar-refractivity contribution in [2.75, 3.05) is 33.2 Å². The fourth-order valence-corrected chi connectivity index (χ4v) is 5.97. The number of rotatable bonds is 5. The number of thiophene rings is 1. The molecule has 2 heterocycles. The van der Waals surface area contributed by atoms with Gasteiger partial charge in [-0.15, -0.1) is 35.3 Å². The van der Waals surface area contributed by atoms with E-state index in [2.05, 4.69) is 19.9 Å². The second-order valence-corrected chi connectivity index (χ2v) is 10.2. The van der Waals surface area contributed by atoms with Crippen molar-refractivity contribution >= 4 is 62.9 Å². The molecule has 1 spiro atoms. The van der Waals surface area contributed by atoms with Gasteiger partial charge in [-0.25, -0.2) is 13.1 Å². The van der Waals surface area contributed by atoms with E-state index in [1.54, 1.807) is 13.1 Å². The molecule has 2 aliphatic rings. The van der Waals surface area contributed by atoms with E-state index < -0.39 is 10.0 Å². The number of sulfonamides is 1. The predicted molar refractivity (Wildman–Crippen MR) is 114 cm³/mol. The molecule has 3 rings (SSSR count). The van der Waals surface area contributed by atoms with Crippen LogP contribution in [0.1, 0.15) is 25.7 Å². The first-order valence-corrected chi connectivity index (χ1v) is 10.8. The van der Waals surface area contributed by atoms with E-state index in [1.807, 2.05) is 0 Å². The highest BCUT2D eigenvalue weighted by Crippen LogP contribution is 2.47. The first-order chi connectivity index (χ1) is 11.4. The van der Waals surface area contributed by atoms with Gasteiger partial charge in [0.2, 0.25) is 10.0 Å². The van der Waals surface area contributed by atoms with E-state index in [0.29, 0.717) is 22.8 Å². The van der Waals surface area contributed by atoms with Gasteiger partial charge in [-0.05, 0) is 36.8 Å². The average Bonchev–Trinajstić information content (AvgIpc) is 3.14. The van der Waals surface area contributed by atoms with Gasteiger partial charge in [0.1, 0.15) is 4.21 Å². The van der Waals surface area contributed by atoms with Crippen molar-refractivity contribution in [2.24, 2.45) is 10.4 Å². The second kappa shape index (κ2) is 8.73. The predicted octanol–water partition coefficient (Wildman–Crippen LogP) is 2.75. The zero-order valence-corrected chi connectivity index (χ0v) is 18.8. The van der Waals surface area contributed by atoms with E-state index in [9.17, 15) is 8.42 Å². The third-order valence-corrected chi connectivity index (χ3v) is 8.06. The van der Waals surface area contributed by atoms with Gasteiger partial charge in [0.25, 0.3) is 0 Å². The topological polar surface area (TPSA) is 73.8 Å². The van der Waals surface area contributed by atoms with Crippen molar-refractivity contribution in [3.05, 3.63) is 16.5 Å². The summed E-state index contributed by atoms with van der Waals surface area (Å²) in [7, 11) is -1.72. The van der Waals surface area contributed by atoms with Gasteiger partial charge in [-0.2, -0.15) is 0 Å². The molecule has 0 atom stereocenters. The summed E-state index contributed by atoms with van der Waals surface area (Å²) in [5.41, 5.74) is 0.512. The number of hydrogen-bond donors (Lipinski definition) is 2. The van der Waals surface area contributed by atoms with Gasteiger partial charge in [0.15, 0.2) is 5.96 Å². The van der Waals surface area contributed by atoms with Crippen molar-refractivity contribution in [3.63, 3.8) is 0 Å². The fourth-order valence-electron chi connectivity index (χ4n) is 3.41. The van der Waals surface area contributed by atoms with Crippen LogP contribution in [0.5, 0.6) is 0 Å². The molecule has 1 aliphatic carbocycles. The average molecular weight is 519 g/mol. The van der Waals surface area contributed by atoms with Crippen LogP contribution in [0.2, 0.25) is 4.34 Å². The summed E-state index contributed by atoms with van der Waals surface area (Å²) in [6.45, 7) is 2.88. The number of aliphatic imine (C=N–C) groups is 1. The van der Waals surface area contributed by atoms with Crippen LogP contribution in [0, 0.1) is 5.41 Å². The van der Waals surface area contributed by atoms with Crippen molar-refractivity contribution in [1.29, 1.82) is 0 Å². The molecule has 25 heavy (non-hydrogen) atoms. The maximum atomic E-state index is 12.1. The molecule has 0 aromatic carbocycles. The summed E-state index contributed by atoms with van der Waals surface area (Å²) in [6.07, 6.45) is 5.22. The normalized spacial score (nSPS) is 19.6. The van der Waals surface area contributed by atoms with Gasteiger partial charge in [-0.1, -0.05) is 18.0 Å². The highest BCUT2D eigenvalue weighted by Gasteiger charge is 2.43. The highest BCUT2D eigenvalue weighted by atomic mass is 127. The van der Waals surface area contributed by atoms with Crippen LogP contribution < -0.4 is 10.0 Å². The summed E-state index contributed by atoms with van der Waals surface area (Å²) < 4.78 is 27.5. The van der Waals surface area contributed by atoms with Crippen LogP contribution in [-0.2, 0) is 10.0 Å². The van der Waals surface area contributed by atoms with Gasteiger partial charge >= 0.3 is 0 Å². The Hall–Kier alpha value is -0.100. The Morgan fingerprint density at radius 1 is 1.36 bits per heavy atom. The number of hydrogen-bond acceptors (Lipinski definition) is 4. The second-order valence-electron chi connectivity index (χ2n) is 6.46. The van der Waals surface area contributed by atoms with E-state index in [-0.39, 0.29) is 28.2 Å². The lowest BCUT2D eigenvalue weighted by atomic mass is 9.68. The zero-order chi connectivity index (χ0) is 17.2. The number of halogens is 2. The molecule has 1 aliphatic heterocycles. The summed E-state index contributed by atoms with van der Waals surface area (Å²) in [6, 6.07) is 3.11. The SMILES string of the molecule is CN=C(NCCNS(=O)(=O)c1ccc(Cl)s1)N1CCC2(CCC2)C1.I. The Kier molecular flexibility index (Phi) is 7.40. The van der Waals surface area contributed by atoms with Gasteiger partial charge in [0, 0.05) is 33.2 Å². The Morgan fingerprint density at radius 3 is 2.64 bits per heavy atom. The number of nitrogens with zero attached hydrogens (tertiary/aromatic N) is 2. The number of guanidine groups is 1. The Labute approximate surface area is 175 Å². The molecule has 10 heteroatoms. The van der Waals surface area contributed by atoms with Crippen LogP contribution in [0.25, 0.3) is 0 Å². The smallest absolute Gasteiger partial charge is 0.250 e. The van der Waals surface area contributed by atoms with Crippen molar-refractivity contribution < 1.29 is 8.42 Å². The molecule has 6 nitrogen and oxygen atoms in total. The third kappa shape index (κ3) is 5.00. The molecule has 0 radical (unpaired) electrons. The summed E-state index contributed by atoms with van der Waals surface area (Å²) in [4.78, 5) is 6.61. The van der Waals surface area contributed by atoms with Gasteiger partial charge in [0.05, 0.1) is 4.34 Å². The molecule has 2 N–H and O–H groups in total. The van der Waals surface area contributed by atoms with E-state index in [1.165, 1.54) is 31.7 Å². The molecule has 2 fully saturated rings. The number of nitrogens with one attached hydrogen (secondary N) is 2.